The molecule has 7 heavy (non-hydrogen) atoms. The third-order valence-corrected chi connectivity index (χ3v) is 0.592. The summed E-state index contributed by atoms with van der Waals surface area (Å²) in [6.07, 6.45) is 1.05. The Morgan fingerprint density at radius 1 is 1.86 bits per heavy atom. The highest BCUT2D eigenvalue weighted by atomic mass is 16.5. The second kappa shape index (κ2) is 3.68. The standard InChI is InChI=1S/C5H10O2/c1-5(3-6)4-7-2/h3,6H,4H2,1-2H3/b5-3+. The Bertz CT molecular complexity index is 66.5. The van der Waals surface area contributed by atoms with Crippen LogP contribution in [0.3, 0.4) is 0 Å². The van der Waals surface area contributed by atoms with Gasteiger partial charge in [0.15, 0.2) is 0 Å². The Balaban J connectivity index is 3.17. The van der Waals surface area contributed by atoms with Gasteiger partial charge < -0.3 is 9.84 Å². The molecule has 0 aromatic heterocycles. The molecule has 0 heterocycles. The van der Waals surface area contributed by atoms with E-state index in [1.807, 2.05) is 0 Å². The fourth-order valence-electron chi connectivity index (χ4n) is 0.265. The molecule has 0 rings (SSSR count). The van der Waals surface area contributed by atoms with Gasteiger partial charge >= 0.3 is 0 Å². The predicted molar refractivity (Wildman–Crippen MR) is 28.3 cm³/mol. The van der Waals surface area contributed by atoms with Crippen molar-refractivity contribution < 1.29 is 9.84 Å². The molecule has 0 aromatic carbocycles. The first-order valence-corrected chi connectivity index (χ1v) is 2.10. The maximum atomic E-state index is 8.22. The number of aliphatic hydroxyl groups is 1. The van der Waals surface area contributed by atoms with Crippen molar-refractivity contribution in [3.05, 3.63) is 11.8 Å². The Hall–Kier alpha value is -0.500. The molecule has 0 saturated heterocycles. The molecule has 0 fully saturated rings. The minimum Gasteiger partial charge on any atom is -0.516 e. The molecule has 0 atom stereocenters. The number of aliphatic hydroxyl groups excluding tert-OH is 1. The van der Waals surface area contributed by atoms with Gasteiger partial charge in [0.05, 0.1) is 12.9 Å². The van der Waals surface area contributed by atoms with Gasteiger partial charge in [0, 0.05) is 7.11 Å². The fourth-order valence-corrected chi connectivity index (χ4v) is 0.265. The van der Waals surface area contributed by atoms with Crippen molar-refractivity contribution in [1.29, 1.82) is 0 Å². The van der Waals surface area contributed by atoms with E-state index in [4.69, 9.17) is 5.11 Å². The first-order chi connectivity index (χ1) is 3.31. The molecular formula is C5H10O2. The van der Waals surface area contributed by atoms with E-state index >= 15 is 0 Å². The van der Waals surface area contributed by atoms with Crippen LogP contribution in [0.5, 0.6) is 0 Å². The number of ether oxygens (including phenoxy) is 1. The van der Waals surface area contributed by atoms with Crippen molar-refractivity contribution in [1.82, 2.24) is 0 Å². The van der Waals surface area contributed by atoms with Crippen LogP contribution in [0.4, 0.5) is 0 Å². The molecule has 0 aromatic rings. The zero-order chi connectivity index (χ0) is 5.70. The number of rotatable bonds is 2. The first kappa shape index (κ1) is 6.50. The second-order valence-electron chi connectivity index (χ2n) is 1.41. The SMILES string of the molecule is COC/C(C)=C/O. The van der Waals surface area contributed by atoms with E-state index in [0.29, 0.717) is 6.61 Å². The Morgan fingerprint density at radius 2 is 2.43 bits per heavy atom. The van der Waals surface area contributed by atoms with Gasteiger partial charge in [-0.1, -0.05) is 0 Å². The molecule has 0 bridgehead atoms. The maximum absolute atomic E-state index is 8.22. The molecule has 2 heteroatoms. The summed E-state index contributed by atoms with van der Waals surface area (Å²) in [5, 5.41) is 8.22. The minimum absolute atomic E-state index is 0.510. The van der Waals surface area contributed by atoms with Crippen LogP contribution in [0.1, 0.15) is 6.92 Å². The molecule has 0 spiro atoms. The molecule has 42 valence electrons. The lowest BCUT2D eigenvalue weighted by atomic mass is 10.4. The van der Waals surface area contributed by atoms with E-state index in [9.17, 15) is 0 Å². The molecule has 2 nitrogen and oxygen atoms in total. The molecule has 0 aliphatic carbocycles. The van der Waals surface area contributed by atoms with Crippen LogP contribution in [0.2, 0.25) is 0 Å². The van der Waals surface area contributed by atoms with Crippen LogP contribution in [-0.2, 0) is 4.74 Å². The van der Waals surface area contributed by atoms with Gasteiger partial charge in [-0.2, -0.15) is 0 Å². The molecule has 0 amide bonds. The zero-order valence-electron chi connectivity index (χ0n) is 4.64. The average molecular weight is 102 g/mol. The van der Waals surface area contributed by atoms with Gasteiger partial charge in [-0.3, -0.25) is 0 Å². The third-order valence-electron chi connectivity index (χ3n) is 0.592. The average Bonchev–Trinajstić information content (AvgIpc) is 1.68. The van der Waals surface area contributed by atoms with E-state index in [1.54, 1.807) is 14.0 Å². The van der Waals surface area contributed by atoms with Crippen molar-refractivity contribution in [2.45, 2.75) is 6.92 Å². The van der Waals surface area contributed by atoms with Crippen LogP contribution in [0.15, 0.2) is 11.8 Å². The van der Waals surface area contributed by atoms with Gasteiger partial charge in [0.25, 0.3) is 0 Å². The first-order valence-electron chi connectivity index (χ1n) is 2.10. The van der Waals surface area contributed by atoms with E-state index in [2.05, 4.69) is 4.74 Å². The maximum Gasteiger partial charge on any atom is 0.0803 e. The summed E-state index contributed by atoms with van der Waals surface area (Å²) in [6, 6.07) is 0. The van der Waals surface area contributed by atoms with Crippen LogP contribution in [0, 0.1) is 0 Å². The van der Waals surface area contributed by atoms with E-state index < -0.39 is 0 Å². The molecular weight excluding hydrogens is 92.1 g/mol. The minimum atomic E-state index is 0.510. The molecule has 1 N–H and O–H groups in total. The van der Waals surface area contributed by atoms with Crippen molar-refractivity contribution in [3.8, 4) is 0 Å². The summed E-state index contributed by atoms with van der Waals surface area (Å²) in [5.74, 6) is 0. The summed E-state index contributed by atoms with van der Waals surface area (Å²) in [5.41, 5.74) is 0.836. The van der Waals surface area contributed by atoms with Crippen molar-refractivity contribution in [2.24, 2.45) is 0 Å². The molecule has 0 saturated carbocycles. The second-order valence-corrected chi connectivity index (χ2v) is 1.41. The van der Waals surface area contributed by atoms with Gasteiger partial charge in [-0.25, -0.2) is 0 Å². The van der Waals surface area contributed by atoms with Crippen molar-refractivity contribution in [3.63, 3.8) is 0 Å². The third kappa shape index (κ3) is 3.33. The van der Waals surface area contributed by atoms with Crippen LogP contribution < -0.4 is 0 Å². The highest BCUT2D eigenvalue weighted by Gasteiger charge is 1.81. The predicted octanol–water partition coefficient (Wildman–Crippen LogP) is 1.09. The Morgan fingerprint density at radius 3 is 2.57 bits per heavy atom. The van der Waals surface area contributed by atoms with Gasteiger partial charge in [0.1, 0.15) is 0 Å². The van der Waals surface area contributed by atoms with Gasteiger partial charge in [0.2, 0.25) is 0 Å². The summed E-state index contributed by atoms with van der Waals surface area (Å²) in [4.78, 5) is 0. The number of methoxy groups -OCH3 is 1. The summed E-state index contributed by atoms with van der Waals surface area (Å²) < 4.78 is 4.67. The van der Waals surface area contributed by atoms with Gasteiger partial charge in [-0.15, -0.1) is 0 Å². The molecule has 0 aliphatic heterocycles. The highest BCUT2D eigenvalue weighted by molar-refractivity contribution is 4.91. The fraction of sp³-hybridized carbons (Fsp3) is 0.600. The van der Waals surface area contributed by atoms with E-state index in [0.717, 1.165) is 11.8 Å². The molecule has 0 unspecified atom stereocenters. The lowest BCUT2D eigenvalue weighted by Gasteiger charge is -1.92. The molecule has 0 radical (unpaired) electrons. The normalized spacial score (nSPS) is 12.0. The highest BCUT2D eigenvalue weighted by Crippen LogP contribution is 1.87. The topological polar surface area (TPSA) is 29.5 Å². The summed E-state index contributed by atoms with van der Waals surface area (Å²) >= 11 is 0. The lowest BCUT2D eigenvalue weighted by Crippen LogP contribution is -1.88. The summed E-state index contributed by atoms with van der Waals surface area (Å²) in [7, 11) is 1.59. The van der Waals surface area contributed by atoms with E-state index in [-0.39, 0.29) is 0 Å². The number of hydrogen-bond donors (Lipinski definition) is 1. The lowest BCUT2D eigenvalue weighted by molar-refractivity contribution is 0.223. The summed E-state index contributed by atoms with van der Waals surface area (Å²) in [6.45, 7) is 2.31. The van der Waals surface area contributed by atoms with Crippen molar-refractivity contribution in [2.75, 3.05) is 13.7 Å². The largest absolute Gasteiger partial charge is 0.516 e. The molecule has 0 aliphatic rings. The van der Waals surface area contributed by atoms with Crippen LogP contribution in [-0.4, -0.2) is 18.8 Å². The monoisotopic (exact) mass is 102 g/mol. The van der Waals surface area contributed by atoms with Gasteiger partial charge in [-0.05, 0) is 12.5 Å². The van der Waals surface area contributed by atoms with Crippen molar-refractivity contribution >= 4 is 0 Å². The van der Waals surface area contributed by atoms with Crippen LogP contribution in [0.25, 0.3) is 0 Å². The van der Waals surface area contributed by atoms with Crippen LogP contribution >= 0.6 is 0 Å². The van der Waals surface area contributed by atoms with E-state index in [1.165, 1.54) is 0 Å². The number of hydrogen-bond acceptors (Lipinski definition) is 2. The zero-order valence-corrected chi connectivity index (χ0v) is 4.64. The smallest absolute Gasteiger partial charge is 0.0803 e. The Kier molecular flexibility index (Phi) is 3.42. The quantitative estimate of drug-likeness (QED) is 0.529. The Labute approximate surface area is 43.4 Å².